The molecule has 3 N–H and O–H groups in total. The highest BCUT2D eigenvalue weighted by molar-refractivity contribution is 5.89. The van der Waals surface area contributed by atoms with Gasteiger partial charge < -0.3 is 10.4 Å². The summed E-state index contributed by atoms with van der Waals surface area (Å²) in [6.45, 7) is 0. The van der Waals surface area contributed by atoms with Gasteiger partial charge in [-0.05, 0) is 67.2 Å². The van der Waals surface area contributed by atoms with Crippen LogP contribution in [0.25, 0.3) is 28.1 Å². The Morgan fingerprint density at radius 2 is 2.03 bits per heavy atom. The third-order valence-electron chi connectivity index (χ3n) is 7.67. The van der Waals surface area contributed by atoms with Crippen LogP contribution in [0.15, 0.2) is 36.7 Å². The third-order valence-corrected chi connectivity index (χ3v) is 7.67. The number of pyridine rings is 1. The maximum Gasteiger partial charge on any atom is 0.308 e. The van der Waals surface area contributed by atoms with E-state index in [2.05, 4.69) is 25.6 Å². The Bertz CT molecular complexity index is 1340. The van der Waals surface area contributed by atoms with Crippen molar-refractivity contribution in [3.63, 3.8) is 0 Å². The molecule has 0 unspecified atom stereocenters. The zero-order valence-corrected chi connectivity index (χ0v) is 16.6. The number of hydrogen-bond acceptors (Lipinski definition) is 6. The number of H-pyrrole nitrogens is 1. The van der Waals surface area contributed by atoms with E-state index in [9.17, 15) is 9.90 Å². The molecule has 0 aliphatic heterocycles. The molecule has 9 nitrogen and oxygen atoms in total. The van der Waals surface area contributed by atoms with Crippen molar-refractivity contribution < 1.29 is 9.90 Å². The van der Waals surface area contributed by atoms with Gasteiger partial charge in [0, 0.05) is 18.4 Å². The van der Waals surface area contributed by atoms with Crippen molar-refractivity contribution in [2.75, 3.05) is 5.32 Å². The fourth-order valence-electron chi connectivity index (χ4n) is 6.32. The van der Waals surface area contributed by atoms with Gasteiger partial charge in [-0.3, -0.25) is 9.89 Å². The summed E-state index contributed by atoms with van der Waals surface area (Å²) in [5.41, 5.74) is 2.14. The van der Waals surface area contributed by atoms with Crippen LogP contribution in [0.4, 0.5) is 5.82 Å². The van der Waals surface area contributed by atoms with Crippen LogP contribution in [0, 0.1) is 29.6 Å². The first-order valence-corrected chi connectivity index (χ1v) is 10.8. The van der Waals surface area contributed by atoms with Gasteiger partial charge >= 0.3 is 5.97 Å². The van der Waals surface area contributed by atoms with Gasteiger partial charge in [-0.2, -0.15) is 5.10 Å². The Kier molecular flexibility index (Phi) is 3.35. The van der Waals surface area contributed by atoms with Crippen LogP contribution >= 0.6 is 0 Å². The molecular formula is C22H21N7O2. The Morgan fingerprint density at radius 3 is 2.94 bits per heavy atom. The van der Waals surface area contributed by atoms with E-state index in [1.54, 1.807) is 10.7 Å². The summed E-state index contributed by atoms with van der Waals surface area (Å²) in [4.78, 5) is 21.3. The molecule has 0 saturated heterocycles. The van der Waals surface area contributed by atoms with E-state index in [1.165, 1.54) is 6.42 Å². The van der Waals surface area contributed by atoms with E-state index < -0.39 is 5.97 Å². The molecule has 0 spiro atoms. The lowest BCUT2D eigenvalue weighted by molar-refractivity contribution is -0.148. The van der Waals surface area contributed by atoms with Crippen LogP contribution in [-0.2, 0) is 4.79 Å². The molecule has 4 heterocycles. The summed E-state index contributed by atoms with van der Waals surface area (Å²) in [5, 5.41) is 26.4. The van der Waals surface area contributed by atoms with E-state index >= 15 is 0 Å². The minimum atomic E-state index is -0.691. The normalized spacial score (nSPS) is 31.1. The molecule has 4 saturated carbocycles. The maximum absolute atomic E-state index is 12.2. The summed E-state index contributed by atoms with van der Waals surface area (Å²) in [6.07, 6.45) is 6.88. The van der Waals surface area contributed by atoms with Crippen LogP contribution in [-0.4, -0.2) is 46.9 Å². The third kappa shape index (κ3) is 2.40. The summed E-state index contributed by atoms with van der Waals surface area (Å²) in [6, 6.07) is 7.56. The molecule has 4 aliphatic rings. The van der Waals surface area contributed by atoms with Crippen molar-refractivity contribution in [1.29, 1.82) is 0 Å². The van der Waals surface area contributed by atoms with Crippen molar-refractivity contribution in [3.05, 3.63) is 36.7 Å². The lowest BCUT2D eigenvalue weighted by atomic mass is 9.61. The van der Waals surface area contributed by atoms with Crippen LogP contribution in [0.1, 0.15) is 19.3 Å². The van der Waals surface area contributed by atoms with Crippen LogP contribution < -0.4 is 5.32 Å². The summed E-state index contributed by atoms with van der Waals surface area (Å²) in [5.74, 6) is 2.05. The molecular weight excluding hydrogens is 394 g/mol. The number of aliphatic carboxylic acids is 1. The van der Waals surface area contributed by atoms with E-state index in [0.29, 0.717) is 40.7 Å². The summed E-state index contributed by atoms with van der Waals surface area (Å²) in [7, 11) is 0. The molecule has 6 atom stereocenters. The fraction of sp³-hybridized carbons (Fsp3) is 0.409. The first kappa shape index (κ1) is 17.2. The Balaban J connectivity index is 1.34. The minimum Gasteiger partial charge on any atom is -0.481 e. The van der Waals surface area contributed by atoms with Crippen molar-refractivity contribution in [3.8, 4) is 11.5 Å². The van der Waals surface area contributed by atoms with Crippen LogP contribution in [0.5, 0.6) is 0 Å². The van der Waals surface area contributed by atoms with E-state index in [1.807, 2.05) is 30.5 Å². The topological polar surface area (TPSA) is 121 Å². The number of aromatic nitrogens is 6. The SMILES string of the molecule is O=C(O)[C@H]1[C@H]2CC[C@H]([C@H]3C[C@H]32)[C@@H]1Nc1nc(-c2[nH]nc3ncccc23)nn2cccc12. The molecule has 4 aromatic heterocycles. The largest absolute Gasteiger partial charge is 0.481 e. The Hall–Kier alpha value is -3.49. The number of carbonyl (C=O) groups is 1. The lowest BCUT2D eigenvalue weighted by Gasteiger charge is -2.46. The number of nitrogens with one attached hydrogen (secondary N) is 2. The molecule has 0 amide bonds. The van der Waals surface area contributed by atoms with Crippen LogP contribution in [0.3, 0.4) is 0 Å². The highest BCUT2D eigenvalue weighted by Gasteiger charge is 2.63. The molecule has 4 fully saturated rings. The van der Waals surface area contributed by atoms with Gasteiger partial charge in [0.25, 0.3) is 0 Å². The molecule has 156 valence electrons. The second kappa shape index (κ2) is 6.03. The maximum atomic E-state index is 12.2. The standard InChI is InChI=1S/C22H21N7O2/c30-22(31)16-10-5-6-11(14-9-13(10)14)17(16)24-20-15-4-2-8-29(15)28-21(25-20)18-12-3-1-7-23-19(12)27-26-18/h1-4,7-8,10-11,13-14,16-17H,5-6,9H2,(H,30,31)(H,23,26,27)(H,24,25,28)/t10-,11+,13-,14+,16-,17-/m0/s1. The number of rotatable bonds is 4. The van der Waals surface area contributed by atoms with Crippen molar-refractivity contribution in [2.45, 2.75) is 25.3 Å². The van der Waals surface area contributed by atoms with Crippen molar-refractivity contribution >= 4 is 28.3 Å². The summed E-state index contributed by atoms with van der Waals surface area (Å²) < 4.78 is 1.78. The van der Waals surface area contributed by atoms with E-state index in [-0.39, 0.29) is 17.9 Å². The molecule has 4 aromatic rings. The Labute approximate surface area is 176 Å². The van der Waals surface area contributed by atoms with Crippen molar-refractivity contribution in [1.82, 2.24) is 29.8 Å². The highest BCUT2D eigenvalue weighted by atomic mass is 16.4. The zero-order chi connectivity index (χ0) is 20.7. The zero-order valence-electron chi connectivity index (χ0n) is 16.6. The van der Waals surface area contributed by atoms with Gasteiger partial charge in [-0.1, -0.05) is 0 Å². The number of carboxylic acids is 1. The number of anilines is 1. The van der Waals surface area contributed by atoms with E-state index in [4.69, 9.17) is 4.98 Å². The predicted octanol–water partition coefficient (Wildman–Crippen LogP) is 2.82. The number of nitrogens with zero attached hydrogens (tertiary/aromatic N) is 5. The molecule has 0 radical (unpaired) electrons. The lowest BCUT2D eigenvalue weighted by Crippen LogP contribution is -2.52. The number of carboxylic acid groups (broad SMARTS) is 1. The van der Waals surface area contributed by atoms with Gasteiger partial charge in [0.1, 0.15) is 11.2 Å². The monoisotopic (exact) mass is 415 g/mol. The highest BCUT2D eigenvalue weighted by Crippen LogP contribution is 2.64. The van der Waals surface area contributed by atoms with Crippen molar-refractivity contribution in [2.24, 2.45) is 29.6 Å². The predicted molar refractivity (Wildman–Crippen MR) is 112 cm³/mol. The second-order valence-electron chi connectivity index (χ2n) is 9.10. The minimum absolute atomic E-state index is 0.110. The summed E-state index contributed by atoms with van der Waals surface area (Å²) >= 11 is 0. The first-order valence-electron chi connectivity index (χ1n) is 10.8. The number of fused-ring (bicyclic) bond motifs is 4. The van der Waals surface area contributed by atoms with Gasteiger partial charge in [-0.25, -0.2) is 14.5 Å². The van der Waals surface area contributed by atoms with Gasteiger partial charge in [0.2, 0.25) is 5.82 Å². The second-order valence-corrected chi connectivity index (χ2v) is 9.10. The molecule has 8 rings (SSSR count). The average Bonchev–Trinajstić information content (AvgIpc) is 3.28. The molecule has 0 aromatic carbocycles. The molecule has 2 bridgehead atoms. The number of hydrogen-bond donors (Lipinski definition) is 3. The fourth-order valence-corrected chi connectivity index (χ4v) is 6.32. The smallest absolute Gasteiger partial charge is 0.308 e. The van der Waals surface area contributed by atoms with Gasteiger partial charge in [0.15, 0.2) is 11.5 Å². The Morgan fingerprint density at radius 1 is 1.16 bits per heavy atom. The number of aromatic amines is 1. The molecule has 9 heteroatoms. The molecule has 4 aliphatic carbocycles. The first-order chi connectivity index (χ1) is 15.2. The molecule has 31 heavy (non-hydrogen) atoms. The quantitative estimate of drug-likeness (QED) is 0.469. The van der Waals surface area contributed by atoms with Crippen LogP contribution in [0.2, 0.25) is 0 Å². The average molecular weight is 415 g/mol. The van der Waals surface area contributed by atoms with E-state index in [0.717, 1.165) is 23.7 Å². The van der Waals surface area contributed by atoms with Gasteiger partial charge in [0.05, 0.1) is 11.3 Å². The van der Waals surface area contributed by atoms with Gasteiger partial charge in [-0.15, -0.1) is 5.10 Å².